The maximum absolute atomic E-state index is 13.3. The summed E-state index contributed by atoms with van der Waals surface area (Å²) in [6.45, 7) is 4.42. The van der Waals surface area contributed by atoms with Gasteiger partial charge >= 0.3 is 0 Å². The molecule has 1 aromatic carbocycles. The van der Waals surface area contributed by atoms with Crippen LogP contribution in [0.1, 0.15) is 27.0 Å². The van der Waals surface area contributed by atoms with E-state index < -0.39 is 0 Å². The van der Waals surface area contributed by atoms with Crippen LogP contribution in [-0.2, 0) is 6.54 Å². The summed E-state index contributed by atoms with van der Waals surface area (Å²) in [4.78, 5) is 23.9. The van der Waals surface area contributed by atoms with Gasteiger partial charge in [0.2, 0.25) is 0 Å². The molecule has 0 unspecified atom stereocenters. The fourth-order valence-corrected chi connectivity index (χ4v) is 5.59. The van der Waals surface area contributed by atoms with Gasteiger partial charge < -0.3 is 0 Å². The zero-order valence-electron chi connectivity index (χ0n) is 15.1. The van der Waals surface area contributed by atoms with Gasteiger partial charge in [0.05, 0.1) is 26.7 Å². The molecule has 4 aromatic rings. The molecule has 0 aliphatic carbocycles. The van der Waals surface area contributed by atoms with E-state index in [9.17, 15) is 4.79 Å². The summed E-state index contributed by atoms with van der Waals surface area (Å²) in [5.74, 6) is -0.231. The summed E-state index contributed by atoms with van der Waals surface area (Å²) in [6.07, 6.45) is 3.44. The van der Waals surface area contributed by atoms with Gasteiger partial charge in [0, 0.05) is 12.4 Å². The van der Waals surface area contributed by atoms with Crippen LogP contribution < -0.4 is 4.90 Å². The normalized spacial score (nSPS) is 11.1. The molecule has 0 spiro atoms. The van der Waals surface area contributed by atoms with E-state index in [2.05, 4.69) is 24.0 Å². The minimum absolute atomic E-state index is 0.231. The Morgan fingerprint density at radius 3 is 2.68 bits per heavy atom. The highest BCUT2D eigenvalue weighted by Gasteiger charge is 2.25. The zero-order valence-corrected chi connectivity index (χ0v) is 18.2. The Hall–Kier alpha value is -1.99. The van der Waals surface area contributed by atoms with Gasteiger partial charge in [0.25, 0.3) is 5.91 Å². The van der Waals surface area contributed by atoms with Crippen LogP contribution >= 0.6 is 45.9 Å². The van der Waals surface area contributed by atoms with Crippen LogP contribution in [0.25, 0.3) is 10.2 Å². The van der Waals surface area contributed by atoms with E-state index in [0.717, 1.165) is 26.9 Å². The molecule has 28 heavy (non-hydrogen) atoms. The highest BCUT2D eigenvalue weighted by atomic mass is 35.5. The van der Waals surface area contributed by atoms with Crippen molar-refractivity contribution >= 4 is 67.1 Å². The number of benzene rings is 1. The fourth-order valence-electron chi connectivity index (χ4n) is 3.01. The highest BCUT2D eigenvalue weighted by molar-refractivity contribution is 7.22. The Balaban J connectivity index is 1.82. The number of hydrogen-bond donors (Lipinski definition) is 0. The van der Waals surface area contributed by atoms with Crippen molar-refractivity contribution in [3.63, 3.8) is 0 Å². The van der Waals surface area contributed by atoms with Crippen LogP contribution in [0.3, 0.4) is 0 Å². The lowest BCUT2D eigenvalue weighted by Gasteiger charge is -2.19. The molecular weight excluding hydrogens is 433 g/mol. The Morgan fingerprint density at radius 1 is 1.18 bits per heavy atom. The maximum atomic E-state index is 13.3. The third kappa shape index (κ3) is 3.78. The standard InChI is InChI=1S/C20H15Cl2N3OS2/c1-11-6-12(2)17-15(7-11)27-20(24-17)25(10-13-4-3-5-23-9-13)19(26)14-8-16(21)28-18(14)22/h3-9H,10H2,1-2H3. The number of rotatable bonds is 4. The van der Waals surface area contributed by atoms with Gasteiger partial charge in [0.15, 0.2) is 5.13 Å². The topological polar surface area (TPSA) is 46.1 Å². The fraction of sp³-hybridized carbons (Fsp3) is 0.150. The van der Waals surface area contributed by atoms with Crippen LogP contribution in [0, 0.1) is 13.8 Å². The number of aromatic nitrogens is 2. The number of thiophene rings is 1. The number of pyridine rings is 1. The van der Waals surface area contributed by atoms with Crippen LogP contribution in [-0.4, -0.2) is 15.9 Å². The molecular formula is C20H15Cl2N3OS2. The Kier molecular flexibility index (Phi) is 5.38. The number of aryl methyl sites for hydroxylation is 2. The average Bonchev–Trinajstić information content (AvgIpc) is 3.22. The second-order valence-corrected chi connectivity index (χ2v) is 9.71. The van der Waals surface area contributed by atoms with Gasteiger partial charge in [-0.1, -0.05) is 46.7 Å². The number of nitrogens with zero attached hydrogens (tertiary/aromatic N) is 3. The molecule has 3 aromatic heterocycles. The van der Waals surface area contributed by atoms with Crippen molar-refractivity contribution in [3.8, 4) is 0 Å². The van der Waals surface area contributed by atoms with Crippen LogP contribution in [0.4, 0.5) is 5.13 Å². The highest BCUT2D eigenvalue weighted by Crippen LogP contribution is 2.36. The summed E-state index contributed by atoms with van der Waals surface area (Å²) < 4.78 is 1.90. The molecule has 0 atom stereocenters. The molecule has 4 nitrogen and oxygen atoms in total. The van der Waals surface area contributed by atoms with Gasteiger partial charge in [-0.3, -0.25) is 14.7 Å². The van der Waals surface area contributed by atoms with E-state index in [-0.39, 0.29) is 5.91 Å². The molecule has 8 heteroatoms. The number of fused-ring (bicyclic) bond motifs is 1. The van der Waals surface area contributed by atoms with E-state index in [4.69, 9.17) is 28.2 Å². The van der Waals surface area contributed by atoms with Gasteiger partial charge in [-0.2, -0.15) is 0 Å². The van der Waals surface area contributed by atoms with Crippen molar-refractivity contribution in [2.45, 2.75) is 20.4 Å². The first kappa shape index (κ1) is 19.3. The molecule has 0 radical (unpaired) electrons. The monoisotopic (exact) mass is 447 g/mol. The number of carbonyl (C=O) groups excluding carboxylic acids is 1. The first-order valence-electron chi connectivity index (χ1n) is 8.46. The molecule has 0 bridgehead atoms. The van der Waals surface area contributed by atoms with Gasteiger partial charge in [0.1, 0.15) is 4.34 Å². The second kappa shape index (κ2) is 7.79. The third-order valence-electron chi connectivity index (χ3n) is 4.25. The van der Waals surface area contributed by atoms with Crippen LogP contribution in [0.15, 0.2) is 42.7 Å². The van der Waals surface area contributed by atoms with Crippen molar-refractivity contribution in [1.29, 1.82) is 0 Å². The summed E-state index contributed by atoms with van der Waals surface area (Å²) in [5, 5.41) is 0.621. The Morgan fingerprint density at radius 2 is 2.00 bits per heavy atom. The lowest BCUT2D eigenvalue weighted by atomic mass is 10.1. The molecule has 0 N–H and O–H groups in total. The van der Waals surface area contributed by atoms with Crippen LogP contribution in [0.2, 0.25) is 8.67 Å². The summed E-state index contributed by atoms with van der Waals surface area (Å²) in [5.41, 5.74) is 4.44. The van der Waals surface area contributed by atoms with Crippen molar-refractivity contribution < 1.29 is 4.79 Å². The molecule has 0 aliphatic rings. The molecule has 1 amide bonds. The quantitative estimate of drug-likeness (QED) is 0.357. The molecule has 0 saturated heterocycles. The number of carbonyl (C=O) groups is 1. The zero-order chi connectivity index (χ0) is 19.8. The number of anilines is 1. The minimum Gasteiger partial charge on any atom is -0.279 e. The van der Waals surface area contributed by atoms with Crippen molar-refractivity contribution in [1.82, 2.24) is 9.97 Å². The number of amides is 1. The third-order valence-corrected chi connectivity index (χ3v) is 6.76. The molecule has 0 saturated carbocycles. The first-order chi connectivity index (χ1) is 13.4. The molecule has 0 aliphatic heterocycles. The molecule has 3 heterocycles. The van der Waals surface area contributed by atoms with E-state index >= 15 is 0 Å². The van der Waals surface area contributed by atoms with E-state index in [1.54, 1.807) is 23.4 Å². The summed E-state index contributed by atoms with van der Waals surface area (Å²) >= 11 is 15.0. The smallest absolute Gasteiger partial charge is 0.262 e. The number of halogens is 2. The van der Waals surface area contributed by atoms with Crippen LogP contribution in [0.5, 0.6) is 0 Å². The van der Waals surface area contributed by atoms with Crippen molar-refractivity contribution in [2.24, 2.45) is 0 Å². The predicted octanol–water partition coefficient (Wildman–Crippen LogP) is 6.52. The van der Waals surface area contributed by atoms with E-state index in [1.807, 2.05) is 19.1 Å². The largest absolute Gasteiger partial charge is 0.279 e. The lowest BCUT2D eigenvalue weighted by molar-refractivity contribution is 0.0985. The van der Waals surface area contributed by atoms with Gasteiger partial charge in [-0.15, -0.1) is 11.3 Å². The molecule has 4 rings (SSSR count). The predicted molar refractivity (Wildman–Crippen MR) is 118 cm³/mol. The van der Waals surface area contributed by atoms with Crippen molar-refractivity contribution in [3.05, 3.63) is 73.7 Å². The Labute approximate surface area is 180 Å². The summed E-state index contributed by atoms with van der Waals surface area (Å²) in [7, 11) is 0. The van der Waals surface area contributed by atoms with Crippen molar-refractivity contribution in [2.75, 3.05) is 4.90 Å². The van der Waals surface area contributed by atoms with Gasteiger partial charge in [-0.25, -0.2) is 4.98 Å². The average molecular weight is 448 g/mol. The molecule has 0 fully saturated rings. The lowest BCUT2D eigenvalue weighted by Crippen LogP contribution is -2.30. The Bertz CT molecular complexity index is 1170. The van der Waals surface area contributed by atoms with Gasteiger partial charge in [-0.05, 0) is 48.7 Å². The SMILES string of the molecule is Cc1cc(C)c2nc(N(Cc3cccnc3)C(=O)c3cc(Cl)sc3Cl)sc2c1. The molecule has 142 valence electrons. The van der Waals surface area contributed by atoms with E-state index in [1.165, 1.54) is 22.7 Å². The maximum Gasteiger partial charge on any atom is 0.262 e. The summed E-state index contributed by atoms with van der Waals surface area (Å²) in [6, 6.07) is 9.56. The minimum atomic E-state index is -0.231. The number of hydrogen-bond acceptors (Lipinski definition) is 5. The second-order valence-electron chi connectivity index (χ2n) is 6.42. The number of thiazole rings is 1. The first-order valence-corrected chi connectivity index (χ1v) is 10.8. The van der Waals surface area contributed by atoms with E-state index in [0.29, 0.717) is 25.9 Å².